The number of nitrogens with zero attached hydrogens (tertiary/aromatic N) is 2. The highest BCUT2D eigenvalue weighted by Gasteiger charge is 2.26. The van der Waals surface area contributed by atoms with E-state index in [4.69, 9.17) is 4.74 Å². The van der Waals surface area contributed by atoms with E-state index in [1.165, 1.54) is 18.2 Å². The second kappa shape index (κ2) is 10.2. The molecule has 3 rings (SSSR count). The lowest BCUT2D eigenvalue weighted by atomic mass is 9.99. The number of benzene rings is 2. The first-order chi connectivity index (χ1) is 15.9. The summed E-state index contributed by atoms with van der Waals surface area (Å²) < 4.78 is 19.1. The lowest BCUT2D eigenvalue weighted by Crippen LogP contribution is -2.34. The molecule has 9 heteroatoms. The number of rotatable bonds is 6. The predicted octanol–water partition coefficient (Wildman–Crippen LogP) is 5.11. The third kappa shape index (κ3) is 6.52. The van der Waals surface area contributed by atoms with Crippen molar-refractivity contribution >= 4 is 28.9 Å². The van der Waals surface area contributed by atoms with Crippen molar-refractivity contribution < 1.29 is 23.6 Å². The average Bonchev–Trinajstić information content (AvgIpc) is 2.73. The molecule has 1 aliphatic rings. The van der Waals surface area contributed by atoms with Crippen LogP contribution >= 0.6 is 0 Å². The van der Waals surface area contributed by atoms with Crippen molar-refractivity contribution in [3.8, 4) is 0 Å². The van der Waals surface area contributed by atoms with Crippen molar-refractivity contribution in [1.29, 1.82) is 0 Å². The third-order valence-electron chi connectivity index (χ3n) is 5.50. The molecular formula is C25H30FN3O5. The van der Waals surface area contributed by atoms with Crippen LogP contribution in [0.5, 0.6) is 0 Å². The summed E-state index contributed by atoms with van der Waals surface area (Å²) in [5.74, 6) is -1.30. The Bertz CT molecular complexity index is 1100. The monoisotopic (exact) mass is 471 g/mol. The summed E-state index contributed by atoms with van der Waals surface area (Å²) in [5, 5.41) is 14.4. The number of nitro benzene ring substituents is 1. The smallest absolute Gasteiger partial charge is 0.310 e. The molecule has 0 aromatic heterocycles. The van der Waals surface area contributed by atoms with Gasteiger partial charge in [0.1, 0.15) is 17.1 Å². The summed E-state index contributed by atoms with van der Waals surface area (Å²) in [6, 6.07) is 8.05. The van der Waals surface area contributed by atoms with E-state index in [1.54, 1.807) is 26.8 Å². The van der Waals surface area contributed by atoms with Gasteiger partial charge >= 0.3 is 5.97 Å². The van der Waals surface area contributed by atoms with Crippen LogP contribution in [-0.4, -0.2) is 35.5 Å². The first kappa shape index (κ1) is 25.1. The maximum absolute atomic E-state index is 13.8. The normalized spacial score (nSPS) is 16.1. The number of hydrogen-bond acceptors (Lipinski definition) is 6. The van der Waals surface area contributed by atoms with E-state index in [2.05, 4.69) is 12.2 Å². The molecule has 1 amide bonds. The van der Waals surface area contributed by atoms with Crippen LogP contribution in [0.15, 0.2) is 36.4 Å². The highest BCUT2D eigenvalue weighted by Crippen LogP contribution is 2.33. The molecule has 0 spiro atoms. The molecule has 0 aliphatic carbocycles. The van der Waals surface area contributed by atoms with Crippen LogP contribution in [-0.2, 0) is 16.0 Å². The maximum atomic E-state index is 13.8. The molecule has 1 aliphatic heterocycles. The standard InChI is InChI=1S/C25H30FN3O5/c1-16-6-5-11-28(15-16)21-10-7-17(13-22(21)29(32)33)24(31)27-20-9-8-19(26)12-18(20)14-23(30)34-25(2,3)4/h7-10,12-13,16H,5-6,11,14-15H2,1-4H3,(H,27,31)/t16-/m0/s1. The lowest BCUT2D eigenvalue weighted by Gasteiger charge is -2.32. The lowest BCUT2D eigenvalue weighted by molar-refractivity contribution is -0.384. The van der Waals surface area contributed by atoms with Gasteiger partial charge in [-0.2, -0.15) is 0 Å². The first-order valence-corrected chi connectivity index (χ1v) is 11.3. The minimum absolute atomic E-state index is 0.0908. The van der Waals surface area contributed by atoms with Crippen LogP contribution in [0.4, 0.5) is 21.5 Å². The van der Waals surface area contributed by atoms with Crippen LogP contribution in [0.3, 0.4) is 0 Å². The van der Waals surface area contributed by atoms with E-state index in [1.807, 2.05) is 4.90 Å². The second-order valence-corrected chi connectivity index (χ2v) is 9.67. The maximum Gasteiger partial charge on any atom is 0.310 e. The number of esters is 1. The Morgan fingerprint density at radius 1 is 1.24 bits per heavy atom. The number of hydrogen-bond donors (Lipinski definition) is 1. The van der Waals surface area contributed by atoms with Crippen molar-refractivity contribution in [2.45, 2.75) is 52.6 Å². The Morgan fingerprint density at radius 3 is 2.62 bits per heavy atom. The van der Waals surface area contributed by atoms with E-state index in [-0.39, 0.29) is 28.9 Å². The molecular weight excluding hydrogens is 441 g/mol. The van der Waals surface area contributed by atoms with Crippen LogP contribution in [0.25, 0.3) is 0 Å². The number of piperidine rings is 1. The van der Waals surface area contributed by atoms with Crippen molar-refractivity contribution in [3.05, 3.63) is 63.5 Å². The van der Waals surface area contributed by atoms with Crippen molar-refractivity contribution in [3.63, 3.8) is 0 Å². The number of amides is 1. The van der Waals surface area contributed by atoms with Gasteiger partial charge in [-0.3, -0.25) is 19.7 Å². The Balaban J connectivity index is 1.83. The number of ether oxygens (including phenoxy) is 1. The fourth-order valence-corrected chi connectivity index (χ4v) is 4.04. The van der Waals surface area contributed by atoms with Gasteiger partial charge < -0.3 is 15.0 Å². The third-order valence-corrected chi connectivity index (χ3v) is 5.50. The number of nitro groups is 1. The molecule has 0 radical (unpaired) electrons. The van der Waals surface area contributed by atoms with E-state index < -0.39 is 28.2 Å². The number of anilines is 2. The number of nitrogens with one attached hydrogen (secondary N) is 1. The molecule has 8 nitrogen and oxygen atoms in total. The quantitative estimate of drug-likeness (QED) is 0.357. The molecule has 1 N–H and O–H groups in total. The molecule has 0 saturated carbocycles. The number of halogens is 1. The van der Waals surface area contributed by atoms with E-state index >= 15 is 0 Å². The molecule has 1 saturated heterocycles. The first-order valence-electron chi connectivity index (χ1n) is 11.3. The van der Waals surface area contributed by atoms with Gasteiger partial charge in [0.05, 0.1) is 11.3 Å². The highest BCUT2D eigenvalue weighted by molar-refractivity contribution is 6.05. The van der Waals surface area contributed by atoms with Gasteiger partial charge in [0.2, 0.25) is 0 Å². The summed E-state index contributed by atoms with van der Waals surface area (Å²) >= 11 is 0. The molecule has 2 aromatic carbocycles. The predicted molar refractivity (Wildman–Crippen MR) is 128 cm³/mol. The summed E-state index contributed by atoms with van der Waals surface area (Å²) in [4.78, 5) is 38.4. The van der Waals surface area contributed by atoms with Gasteiger partial charge in [-0.05, 0) is 75.4 Å². The molecule has 0 unspecified atom stereocenters. The molecule has 34 heavy (non-hydrogen) atoms. The van der Waals surface area contributed by atoms with Crippen LogP contribution < -0.4 is 10.2 Å². The van der Waals surface area contributed by atoms with Crippen molar-refractivity contribution in [1.82, 2.24) is 0 Å². The van der Waals surface area contributed by atoms with Gasteiger partial charge in [0, 0.05) is 30.4 Å². The zero-order valence-electron chi connectivity index (χ0n) is 19.9. The van der Waals surface area contributed by atoms with E-state index in [9.17, 15) is 24.1 Å². The zero-order valence-corrected chi connectivity index (χ0v) is 19.9. The Morgan fingerprint density at radius 2 is 1.97 bits per heavy atom. The number of carbonyl (C=O) groups is 2. The van der Waals surface area contributed by atoms with Crippen molar-refractivity contribution in [2.24, 2.45) is 5.92 Å². The minimum atomic E-state index is -0.708. The SMILES string of the molecule is C[C@H]1CCCN(c2ccc(C(=O)Nc3ccc(F)cc3CC(=O)OC(C)(C)C)cc2[N+](=O)[O-])C1. The Labute approximate surface area is 198 Å². The fourth-order valence-electron chi connectivity index (χ4n) is 4.04. The van der Waals surface area contributed by atoms with Crippen LogP contribution in [0.1, 0.15) is 56.5 Å². The van der Waals surface area contributed by atoms with Gasteiger partial charge in [-0.1, -0.05) is 6.92 Å². The summed E-state index contributed by atoms with van der Waals surface area (Å²) in [7, 11) is 0. The number of carbonyl (C=O) groups excluding carboxylic acids is 2. The van der Waals surface area contributed by atoms with Crippen molar-refractivity contribution in [2.75, 3.05) is 23.3 Å². The van der Waals surface area contributed by atoms with E-state index in [0.29, 0.717) is 11.6 Å². The molecule has 182 valence electrons. The van der Waals surface area contributed by atoms with Gasteiger partial charge in [0.15, 0.2) is 0 Å². The van der Waals surface area contributed by atoms with Crippen LogP contribution in [0.2, 0.25) is 0 Å². The zero-order chi connectivity index (χ0) is 25.0. The molecule has 1 fully saturated rings. The molecule has 2 aromatic rings. The fraction of sp³-hybridized carbons (Fsp3) is 0.440. The molecule has 1 atom stereocenters. The summed E-state index contributed by atoms with van der Waals surface area (Å²) in [6.07, 6.45) is 1.79. The van der Waals surface area contributed by atoms with Gasteiger partial charge in [-0.25, -0.2) is 4.39 Å². The highest BCUT2D eigenvalue weighted by atomic mass is 19.1. The summed E-state index contributed by atoms with van der Waals surface area (Å²) in [5.41, 5.74) is 0.203. The van der Waals surface area contributed by atoms with Gasteiger partial charge in [-0.15, -0.1) is 0 Å². The van der Waals surface area contributed by atoms with Crippen LogP contribution in [0, 0.1) is 21.8 Å². The average molecular weight is 472 g/mol. The Kier molecular flexibility index (Phi) is 7.54. The minimum Gasteiger partial charge on any atom is -0.460 e. The summed E-state index contributed by atoms with van der Waals surface area (Å²) in [6.45, 7) is 8.72. The topological polar surface area (TPSA) is 102 Å². The largest absolute Gasteiger partial charge is 0.460 e. The Hall–Kier alpha value is -3.49. The van der Waals surface area contributed by atoms with Gasteiger partial charge in [0.25, 0.3) is 11.6 Å². The molecule has 1 heterocycles. The van der Waals surface area contributed by atoms with E-state index in [0.717, 1.165) is 38.1 Å². The molecule has 0 bridgehead atoms. The second-order valence-electron chi connectivity index (χ2n) is 9.67.